The van der Waals surface area contributed by atoms with E-state index in [-0.39, 0.29) is 0 Å². The Morgan fingerprint density at radius 3 is 2.62 bits per heavy atom. The van der Waals surface area contributed by atoms with Crippen LogP contribution in [0.25, 0.3) is 0 Å². The summed E-state index contributed by atoms with van der Waals surface area (Å²) in [5.74, 6) is 1.32. The maximum absolute atomic E-state index is 5.09. The van der Waals surface area contributed by atoms with Crippen molar-refractivity contribution in [2.24, 2.45) is 4.99 Å². The summed E-state index contributed by atoms with van der Waals surface area (Å²) in [7, 11) is 3.87. The molecule has 0 heterocycles. The third-order valence-corrected chi connectivity index (χ3v) is 3.92. The van der Waals surface area contributed by atoms with Crippen LogP contribution < -0.4 is 10.6 Å². The lowest BCUT2D eigenvalue weighted by Gasteiger charge is -2.17. The third kappa shape index (κ3) is 8.89. The number of nitrogens with zero attached hydrogens (tertiary/aromatic N) is 2. The molecule has 1 rings (SSSR count). The van der Waals surface area contributed by atoms with Gasteiger partial charge in [-0.3, -0.25) is 4.99 Å². The fourth-order valence-corrected chi connectivity index (χ4v) is 2.37. The molecule has 5 nitrogen and oxygen atoms in total. The van der Waals surface area contributed by atoms with Crippen molar-refractivity contribution < 1.29 is 4.74 Å². The predicted octanol–water partition coefficient (Wildman–Crippen LogP) is 2.31. The SMILES string of the molecule is CCNC(=NCC(C)c1ccccc1)NCCCN(C)CCOC. The molecule has 0 amide bonds. The molecule has 136 valence electrons. The summed E-state index contributed by atoms with van der Waals surface area (Å²) in [6, 6.07) is 10.5. The quantitative estimate of drug-likeness (QED) is 0.370. The van der Waals surface area contributed by atoms with E-state index in [2.05, 4.69) is 66.8 Å². The first-order valence-corrected chi connectivity index (χ1v) is 8.92. The third-order valence-electron chi connectivity index (χ3n) is 3.92. The van der Waals surface area contributed by atoms with Crippen molar-refractivity contribution in [1.29, 1.82) is 0 Å². The maximum atomic E-state index is 5.09. The molecule has 0 aliphatic rings. The number of likely N-dealkylation sites (N-methyl/N-ethyl adjacent to an activating group) is 1. The Morgan fingerprint density at radius 1 is 1.21 bits per heavy atom. The monoisotopic (exact) mass is 334 g/mol. The molecule has 1 aromatic rings. The van der Waals surface area contributed by atoms with Crippen LogP contribution >= 0.6 is 0 Å². The molecule has 1 aromatic carbocycles. The molecule has 0 bridgehead atoms. The van der Waals surface area contributed by atoms with Gasteiger partial charge in [0.1, 0.15) is 0 Å². The number of ether oxygens (including phenoxy) is 1. The van der Waals surface area contributed by atoms with Crippen LogP contribution in [0, 0.1) is 0 Å². The van der Waals surface area contributed by atoms with Gasteiger partial charge in [-0.2, -0.15) is 0 Å². The molecule has 0 aliphatic carbocycles. The van der Waals surface area contributed by atoms with Gasteiger partial charge in [0.15, 0.2) is 5.96 Å². The summed E-state index contributed by atoms with van der Waals surface area (Å²) < 4.78 is 5.09. The molecule has 24 heavy (non-hydrogen) atoms. The molecule has 0 saturated heterocycles. The van der Waals surface area contributed by atoms with Crippen molar-refractivity contribution in [3.63, 3.8) is 0 Å². The molecule has 5 heteroatoms. The minimum atomic E-state index is 0.418. The predicted molar refractivity (Wildman–Crippen MR) is 103 cm³/mol. The van der Waals surface area contributed by atoms with Crippen LogP contribution in [-0.4, -0.2) is 64.3 Å². The summed E-state index contributed by atoms with van der Waals surface area (Å²) in [5, 5.41) is 6.74. The standard InChI is InChI=1S/C19H34N4O/c1-5-20-19(21-12-9-13-23(3)14-15-24-4)22-16-17(2)18-10-7-6-8-11-18/h6-8,10-11,17H,5,9,12-16H2,1-4H3,(H2,20,21,22). The Hall–Kier alpha value is -1.59. The van der Waals surface area contributed by atoms with Gasteiger partial charge in [-0.1, -0.05) is 37.3 Å². The van der Waals surface area contributed by atoms with Gasteiger partial charge in [0, 0.05) is 39.2 Å². The van der Waals surface area contributed by atoms with Gasteiger partial charge >= 0.3 is 0 Å². The Balaban J connectivity index is 2.34. The minimum absolute atomic E-state index is 0.418. The number of nitrogens with one attached hydrogen (secondary N) is 2. The molecular formula is C19H34N4O. The fourth-order valence-electron chi connectivity index (χ4n) is 2.37. The first kappa shape index (κ1) is 20.5. The van der Waals surface area contributed by atoms with Crippen LogP contribution in [-0.2, 0) is 4.74 Å². The van der Waals surface area contributed by atoms with Crippen LogP contribution in [0.15, 0.2) is 35.3 Å². The normalized spacial score (nSPS) is 13.1. The molecule has 0 aliphatic heterocycles. The second-order valence-electron chi connectivity index (χ2n) is 6.11. The average molecular weight is 335 g/mol. The summed E-state index contributed by atoms with van der Waals surface area (Å²) >= 11 is 0. The number of rotatable bonds is 11. The van der Waals surface area contributed by atoms with Crippen molar-refractivity contribution in [3.8, 4) is 0 Å². The Bertz CT molecular complexity index is 450. The van der Waals surface area contributed by atoms with E-state index in [9.17, 15) is 0 Å². The van der Waals surface area contributed by atoms with E-state index >= 15 is 0 Å². The van der Waals surface area contributed by atoms with Gasteiger partial charge in [-0.25, -0.2) is 0 Å². The first-order chi connectivity index (χ1) is 11.7. The van der Waals surface area contributed by atoms with Crippen LogP contribution in [0.4, 0.5) is 0 Å². The number of methoxy groups -OCH3 is 1. The van der Waals surface area contributed by atoms with Gasteiger partial charge in [0.2, 0.25) is 0 Å². The van der Waals surface area contributed by atoms with Gasteiger partial charge in [-0.05, 0) is 32.5 Å². The van der Waals surface area contributed by atoms with Crippen LogP contribution in [0.3, 0.4) is 0 Å². The molecule has 0 radical (unpaired) electrons. The molecule has 0 aromatic heterocycles. The number of guanidine groups is 1. The number of aliphatic imine (C=N–C) groups is 1. The van der Waals surface area contributed by atoms with E-state index < -0.39 is 0 Å². The molecule has 1 atom stereocenters. The second-order valence-corrected chi connectivity index (χ2v) is 6.11. The molecule has 2 N–H and O–H groups in total. The largest absolute Gasteiger partial charge is 0.383 e. The summed E-state index contributed by atoms with van der Waals surface area (Å²) in [4.78, 5) is 7.00. The van der Waals surface area contributed by atoms with E-state index in [0.717, 1.165) is 51.7 Å². The smallest absolute Gasteiger partial charge is 0.191 e. The Labute approximate surface area is 147 Å². The van der Waals surface area contributed by atoms with Crippen molar-refractivity contribution in [2.75, 3.05) is 53.5 Å². The van der Waals surface area contributed by atoms with E-state index in [1.165, 1.54) is 5.56 Å². The van der Waals surface area contributed by atoms with Gasteiger partial charge < -0.3 is 20.3 Å². The van der Waals surface area contributed by atoms with Gasteiger partial charge in [0.05, 0.1) is 6.61 Å². The fraction of sp³-hybridized carbons (Fsp3) is 0.632. The molecule has 1 unspecified atom stereocenters. The molecular weight excluding hydrogens is 300 g/mol. The van der Waals surface area contributed by atoms with E-state index in [4.69, 9.17) is 9.73 Å². The highest BCUT2D eigenvalue weighted by molar-refractivity contribution is 5.79. The lowest BCUT2D eigenvalue weighted by Crippen LogP contribution is -2.39. The zero-order valence-corrected chi connectivity index (χ0v) is 15.7. The zero-order valence-electron chi connectivity index (χ0n) is 15.7. The Kier molecular flexibility index (Phi) is 10.9. The van der Waals surface area contributed by atoms with E-state index in [1.807, 2.05) is 0 Å². The van der Waals surface area contributed by atoms with Crippen molar-refractivity contribution in [2.45, 2.75) is 26.2 Å². The van der Waals surface area contributed by atoms with Crippen LogP contribution in [0.1, 0.15) is 31.7 Å². The van der Waals surface area contributed by atoms with Crippen molar-refractivity contribution in [3.05, 3.63) is 35.9 Å². The number of hydrogen-bond acceptors (Lipinski definition) is 3. The second kappa shape index (κ2) is 12.8. The van der Waals surface area contributed by atoms with Crippen LogP contribution in [0.5, 0.6) is 0 Å². The lowest BCUT2D eigenvalue weighted by atomic mass is 10.0. The maximum Gasteiger partial charge on any atom is 0.191 e. The van der Waals surface area contributed by atoms with E-state index in [0.29, 0.717) is 5.92 Å². The van der Waals surface area contributed by atoms with E-state index in [1.54, 1.807) is 7.11 Å². The lowest BCUT2D eigenvalue weighted by molar-refractivity contribution is 0.161. The summed E-state index contributed by atoms with van der Waals surface area (Å²) in [6.07, 6.45) is 1.08. The molecule has 0 fully saturated rings. The number of benzene rings is 1. The van der Waals surface area contributed by atoms with Gasteiger partial charge in [0.25, 0.3) is 0 Å². The Morgan fingerprint density at radius 2 is 1.96 bits per heavy atom. The highest BCUT2D eigenvalue weighted by Crippen LogP contribution is 2.14. The summed E-state index contributed by atoms with van der Waals surface area (Å²) in [6.45, 7) is 9.69. The van der Waals surface area contributed by atoms with Crippen molar-refractivity contribution in [1.82, 2.24) is 15.5 Å². The van der Waals surface area contributed by atoms with Crippen molar-refractivity contribution >= 4 is 5.96 Å². The highest BCUT2D eigenvalue weighted by Gasteiger charge is 2.05. The average Bonchev–Trinajstić information content (AvgIpc) is 2.61. The molecule has 0 saturated carbocycles. The number of hydrogen-bond donors (Lipinski definition) is 2. The molecule has 0 spiro atoms. The summed E-state index contributed by atoms with van der Waals surface area (Å²) in [5.41, 5.74) is 1.33. The van der Waals surface area contributed by atoms with Crippen LogP contribution in [0.2, 0.25) is 0 Å². The van der Waals surface area contributed by atoms with Gasteiger partial charge in [-0.15, -0.1) is 0 Å². The first-order valence-electron chi connectivity index (χ1n) is 8.92. The zero-order chi connectivity index (χ0) is 17.6. The topological polar surface area (TPSA) is 48.9 Å². The minimum Gasteiger partial charge on any atom is -0.383 e. The highest BCUT2D eigenvalue weighted by atomic mass is 16.5.